The number of nitrogens with zero attached hydrogens (tertiary/aromatic N) is 2. The SMILES string of the molecule is CC[n+]1ccn(C)c1.O=S(=O)([O-])F. The van der Waals surface area contributed by atoms with E-state index in [4.69, 9.17) is 13.0 Å². The smallest absolute Gasteiger partial charge is 0.255 e. The van der Waals surface area contributed by atoms with Gasteiger partial charge in [0.25, 0.3) is 10.5 Å². The van der Waals surface area contributed by atoms with Crippen LogP contribution in [-0.2, 0) is 24.1 Å². The van der Waals surface area contributed by atoms with E-state index >= 15 is 0 Å². The summed E-state index contributed by atoms with van der Waals surface area (Å²) in [5.41, 5.74) is 0. The van der Waals surface area contributed by atoms with Gasteiger partial charge in [-0.15, -0.1) is 3.89 Å². The van der Waals surface area contributed by atoms with E-state index < -0.39 is 10.5 Å². The van der Waals surface area contributed by atoms with Gasteiger partial charge in [0.05, 0.1) is 13.6 Å². The van der Waals surface area contributed by atoms with Crippen molar-refractivity contribution >= 4 is 10.5 Å². The number of halogens is 1. The van der Waals surface area contributed by atoms with Crippen LogP contribution in [0.5, 0.6) is 0 Å². The summed E-state index contributed by atoms with van der Waals surface area (Å²) in [6, 6.07) is 0. The van der Waals surface area contributed by atoms with Gasteiger partial charge in [-0.2, -0.15) is 0 Å². The van der Waals surface area contributed by atoms with E-state index in [9.17, 15) is 3.89 Å². The molecule has 7 heteroatoms. The lowest BCUT2D eigenvalue weighted by molar-refractivity contribution is -0.693. The summed E-state index contributed by atoms with van der Waals surface area (Å²) in [6.07, 6.45) is 6.14. The van der Waals surface area contributed by atoms with Gasteiger partial charge >= 0.3 is 0 Å². The third kappa shape index (κ3) is 8.96. The fraction of sp³-hybridized carbons (Fsp3) is 0.500. The molecule has 0 saturated carbocycles. The van der Waals surface area contributed by atoms with Crippen LogP contribution in [0, 0.1) is 0 Å². The number of hydrogen-bond acceptors (Lipinski definition) is 3. The molecular weight excluding hydrogens is 199 g/mol. The molecule has 0 unspecified atom stereocenters. The monoisotopic (exact) mass is 210 g/mol. The number of aryl methyl sites for hydroxylation is 2. The summed E-state index contributed by atoms with van der Waals surface area (Å²) in [5.74, 6) is 0. The van der Waals surface area contributed by atoms with Crippen molar-refractivity contribution in [1.82, 2.24) is 4.57 Å². The van der Waals surface area contributed by atoms with Crippen LogP contribution in [0.4, 0.5) is 3.89 Å². The minimum atomic E-state index is -5.42. The average Bonchev–Trinajstić information content (AvgIpc) is 2.31. The van der Waals surface area contributed by atoms with Gasteiger partial charge in [0, 0.05) is 0 Å². The van der Waals surface area contributed by atoms with Crippen LogP contribution in [0.2, 0.25) is 0 Å². The molecule has 0 radical (unpaired) electrons. The van der Waals surface area contributed by atoms with Crippen LogP contribution in [0.3, 0.4) is 0 Å². The zero-order chi connectivity index (χ0) is 10.5. The van der Waals surface area contributed by atoms with Gasteiger partial charge in [0.1, 0.15) is 12.4 Å². The standard InChI is InChI=1S/C6H11N2.FHO3S/c1-3-8-5-4-7(2)6-8;1-5(2,3)4/h4-6H,3H2,1-2H3;(H,2,3,4)/q+1;/p-1. The van der Waals surface area contributed by atoms with Gasteiger partial charge < -0.3 is 4.55 Å². The fourth-order valence-corrected chi connectivity index (χ4v) is 0.689. The lowest BCUT2D eigenvalue weighted by atomic mass is 10.7. The Morgan fingerprint density at radius 3 is 2.23 bits per heavy atom. The second-order valence-electron chi connectivity index (χ2n) is 2.30. The summed E-state index contributed by atoms with van der Waals surface area (Å²) in [5, 5.41) is 0. The molecular formula is C6H11FN2O3S. The first-order valence-electron chi connectivity index (χ1n) is 3.49. The molecule has 1 aromatic rings. The van der Waals surface area contributed by atoms with Crippen molar-refractivity contribution in [3.8, 4) is 0 Å². The predicted octanol–water partition coefficient (Wildman–Crippen LogP) is -0.251. The van der Waals surface area contributed by atoms with Crippen molar-refractivity contribution in [2.24, 2.45) is 7.05 Å². The molecule has 0 aliphatic rings. The largest absolute Gasteiger partial charge is 0.722 e. The van der Waals surface area contributed by atoms with E-state index in [-0.39, 0.29) is 0 Å². The second-order valence-corrected chi connectivity index (χ2v) is 3.09. The summed E-state index contributed by atoms with van der Waals surface area (Å²) in [7, 11) is -3.40. The molecule has 0 N–H and O–H groups in total. The van der Waals surface area contributed by atoms with Gasteiger partial charge in [0.15, 0.2) is 0 Å². The van der Waals surface area contributed by atoms with Crippen LogP contribution in [0.1, 0.15) is 6.92 Å². The fourth-order valence-electron chi connectivity index (χ4n) is 0.689. The van der Waals surface area contributed by atoms with Crippen LogP contribution in [-0.4, -0.2) is 17.5 Å². The molecule has 0 amide bonds. The quantitative estimate of drug-likeness (QED) is 0.364. The summed E-state index contributed by atoms with van der Waals surface area (Å²) in [6.45, 7) is 3.18. The van der Waals surface area contributed by atoms with E-state index in [1.807, 2.05) is 17.8 Å². The molecule has 5 nitrogen and oxygen atoms in total. The zero-order valence-corrected chi connectivity index (χ0v) is 8.16. The maximum atomic E-state index is 10.1. The lowest BCUT2D eigenvalue weighted by Crippen LogP contribution is -2.28. The Morgan fingerprint density at radius 1 is 1.62 bits per heavy atom. The maximum absolute atomic E-state index is 10.1. The van der Waals surface area contributed by atoms with Gasteiger partial charge in [-0.3, -0.25) is 0 Å². The number of imidazole rings is 1. The van der Waals surface area contributed by atoms with Crippen molar-refractivity contribution in [2.75, 3.05) is 0 Å². The van der Waals surface area contributed by atoms with Crippen molar-refractivity contribution < 1.29 is 21.4 Å². The molecule has 0 bridgehead atoms. The Morgan fingerprint density at radius 2 is 2.08 bits per heavy atom. The first-order valence-corrected chi connectivity index (χ1v) is 4.80. The van der Waals surface area contributed by atoms with Gasteiger partial charge in [-0.1, -0.05) is 0 Å². The predicted molar refractivity (Wildman–Crippen MR) is 42.1 cm³/mol. The highest BCUT2D eigenvalue weighted by Crippen LogP contribution is 1.74. The van der Waals surface area contributed by atoms with Crippen molar-refractivity contribution in [2.45, 2.75) is 13.5 Å². The third-order valence-corrected chi connectivity index (χ3v) is 1.19. The van der Waals surface area contributed by atoms with E-state index in [2.05, 4.69) is 24.0 Å². The molecule has 1 rings (SSSR count). The van der Waals surface area contributed by atoms with Gasteiger partial charge in [-0.25, -0.2) is 17.6 Å². The molecule has 0 fully saturated rings. The summed E-state index contributed by atoms with van der Waals surface area (Å²) >= 11 is 0. The number of aromatic nitrogens is 2. The Hall–Kier alpha value is -0.950. The normalized spacial score (nSPS) is 10.5. The van der Waals surface area contributed by atoms with Crippen LogP contribution in [0.25, 0.3) is 0 Å². The highest BCUT2D eigenvalue weighted by Gasteiger charge is 1.92. The number of hydrogen-bond donors (Lipinski definition) is 0. The lowest BCUT2D eigenvalue weighted by Gasteiger charge is -1.84. The van der Waals surface area contributed by atoms with Gasteiger partial charge in [0.2, 0.25) is 6.33 Å². The Labute approximate surface area is 76.5 Å². The molecule has 1 heterocycles. The van der Waals surface area contributed by atoms with E-state index in [1.165, 1.54) is 0 Å². The second kappa shape index (κ2) is 4.93. The Balaban J connectivity index is 0.000000252. The van der Waals surface area contributed by atoms with E-state index in [0.717, 1.165) is 6.54 Å². The molecule has 0 atom stereocenters. The van der Waals surface area contributed by atoms with Crippen molar-refractivity contribution in [1.29, 1.82) is 0 Å². The first-order chi connectivity index (χ1) is 5.83. The zero-order valence-electron chi connectivity index (χ0n) is 7.34. The van der Waals surface area contributed by atoms with Gasteiger partial charge in [-0.05, 0) is 6.92 Å². The maximum Gasteiger partial charge on any atom is 0.255 e. The molecule has 0 spiro atoms. The van der Waals surface area contributed by atoms with E-state index in [0.29, 0.717) is 0 Å². The molecule has 0 aliphatic heterocycles. The van der Waals surface area contributed by atoms with Crippen molar-refractivity contribution in [3.63, 3.8) is 0 Å². The van der Waals surface area contributed by atoms with Crippen molar-refractivity contribution in [3.05, 3.63) is 18.7 Å². The molecule has 1 aromatic heterocycles. The first kappa shape index (κ1) is 12.0. The van der Waals surface area contributed by atoms with Crippen LogP contribution in [0.15, 0.2) is 18.7 Å². The molecule has 0 aliphatic carbocycles. The highest BCUT2D eigenvalue weighted by atomic mass is 32.3. The molecule has 13 heavy (non-hydrogen) atoms. The average molecular weight is 210 g/mol. The minimum Gasteiger partial charge on any atom is -0.722 e. The molecule has 0 saturated heterocycles. The molecule has 76 valence electrons. The number of rotatable bonds is 1. The Kier molecular flexibility index (Phi) is 4.57. The highest BCUT2D eigenvalue weighted by molar-refractivity contribution is 7.80. The Bertz CT molecular complexity index is 339. The summed E-state index contributed by atoms with van der Waals surface area (Å²) in [4.78, 5) is 0. The van der Waals surface area contributed by atoms with Crippen LogP contribution < -0.4 is 4.57 Å². The van der Waals surface area contributed by atoms with Crippen LogP contribution >= 0.6 is 0 Å². The third-order valence-electron chi connectivity index (χ3n) is 1.19. The topological polar surface area (TPSA) is 66.0 Å². The minimum absolute atomic E-state index is 1.06. The molecule has 0 aromatic carbocycles. The summed E-state index contributed by atoms with van der Waals surface area (Å²) < 4.78 is 39.5. The van der Waals surface area contributed by atoms with E-state index in [1.54, 1.807) is 0 Å².